The number of rotatable bonds is 9. The van der Waals surface area contributed by atoms with Gasteiger partial charge in [-0.2, -0.15) is 0 Å². The first-order chi connectivity index (χ1) is 10.3. The summed E-state index contributed by atoms with van der Waals surface area (Å²) >= 11 is 0. The second-order valence-corrected chi connectivity index (χ2v) is 5.50. The van der Waals surface area contributed by atoms with Crippen molar-refractivity contribution in [2.75, 3.05) is 13.6 Å². The maximum atomic E-state index is 4.14. The third kappa shape index (κ3) is 5.27. The molecule has 0 amide bonds. The highest BCUT2D eigenvalue weighted by molar-refractivity contribution is 5.14. The quantitative estimate of drug-likeness (QED) is 0.711. The zero-order valence-electron chi connectivity index (χ0n) is 13.1. The fourth-order valence-corrected chi connectivity index (χ4v) is 2.34. The van der Waals surface area contributed by atoms with Crippen LogP contribution in [0.1, 0.15) is 37.6 Å². The van der Waals surface area contributed by atoms with E-state index in [1.54, 1.807) is 0 Å². The van der Waals surface area contributed by atoms with Gasteiger partial charge in [-0.15, -0.1) is 5.10 Å². The van der Waals surface area contributed by atoms with E-state index in [1.807, 2.05) is 4.68 Å². The molecule has 2 aromatic rings. The molecule has 0 N–H and O–H groups in total. The Balaban J connectivity index is 1.74. The largest absolute Gasteiger partial charge is 0.299 e. The maximum Gasteiger partial charge on any atom is 0.165 e. The third-order valence-corrected chi connectivity index (χ3v) is 3.59. The van der Waals surface area contributed by atoms with Gasteiger partial charge < -0.3 is 0 Å². The van der Waals surface area contributed by atoms with Crippen LogP contribution in [0.4, 0.5) is 0 Å². The van der Waals surface area contributed by atoms with Crippen LogP contribution in [0.2, 0.25) is 0 Å². The molecule has 0 aliphatic heterocycles. The number of hydrogen-bond donors (Lipinski definition) is 0. The van der Waals surface area contributed by atoms with Crippen LogP contribution in [0, 0.1) is 0 Å². The second-order valence-electron chi connectivity index (χ2n) is 5.50. The third-order valence-electron chi connectivity index (χ3n) is 3.59. The Labute approximate surface area is 127 Å². The SMILES string of the molecule is CCCCn1nnnc1CN(C)CCCc1ccccc1. The summed E-state index contributed by atoms with van der Waals surface area (Å²) in [4.78, 5) is 2.29. The van der Waals surface area contributed by atoms with Crippen LogP contribution in [0.25, 0.3) is 0 Å². The number of nitrogens with zero attached hydrogens (tertiary/aromatic N) is 5. The Hall–Kier alpha value is -1.75. The number of aromatic nitrogens is 4. The molecule has 0 unspecified atom stereocenters. The zero-order chi connectivity index (χ0) is 14.9. The molecule has 5 heteroatoms. The van der Waals surface area contributed by atoms with Gasteiger partial charge in [0, 0.05) is 6.54 Å². The van der Waals surface area contributed by atoms with Crippen molar-refractivity contribution in [3.05, 3.63) is 41.7 Å². The van der Waals surface area contributed by atoms with E-state index in [2.05, 4.69) is 64.7 Å². The molecule has 1 aromatic heterocycles. The highest BCUT2D eigenvalue weighted by Crippen LogP contribution is 2.05. The van der Waals surface area contributed by atoms with E-state index in [1.165, 1.54) is 5.56 Å². The van der Waals surface area contributed by atoms with Crippen LogP contribution in [0.3, 0.4) is 0 Å². The van der Waals surface area contributed by atoms with Crippen molar-refractivity contribution in [1.82, 2.24) is 25.1 Å². The van der Waals surface area contributed by atoms with Crippen molar-refractivity contribution < 1.29 is 0 Å². The van der Waals surface area contributed by atoms with Crippen LogP contribution in [0.5, 0.6) is 0 Å². The molecule has 0 fully saturated rings. The van der Waals surface area contributed by atoms with Gasteiger partial charge in [0.05, 0.1) is 6.54 Å². The number of unbranched alkanes of at least 4 members (excludes halogenated alkanes) is 1. The summed E-state index contributed by atoms with van der Waals surface area (Å²) in [6, 6.07) is 10.6. The molecule has 0 saturated carbocycles. The lowest BCUT2D eigenvalue weighted by Crippen LogP contribution is -2.22. The van der Waals surface area contributed by atoms with Gasteiger partial charge in [-0.05, 0) is 48.8 Å². The van der Waals surface area contributed by atoms with Crippen LogP contribution in [-0.4, -0.2) is 38.7 Å². The molecule has 0 aliphatic rings. The number of aryl methyl sites for hydroxylation is 2. The van der Waals surface area contributed by atoms with Gasteiger partial charge in [0.2, 0.25) is 0 Å². The van der Waals surface area contributed by atoms with Crippen molar-refractivity contribution >= 4 is 0 Å². The van der Waals surface area contributed by atoms with Gasteiger partial charge in [-0.25, -0.2) is 4.68 Å². The molecule has 5 nitrogen and oxygen atoms in total. The zero-order valence-corrected chi connectivity index (χ0v) is 13.1. The molecule has 0 bridgehead atoms. The van der Waals surface area contributed by atoms with Gasteiger partial charge in [-0.1, -0.05) is 43.7 Å². The lowest BCUT2D eigenvalue weighted by molar-refractivity contribution is 0.305. The first kappa shape index (κ1) is 15.6. The minimum absolute atomic E-state index is 0.811. The van der Waals surface area contributed by atoms with Crippen molar-refractivity contribution in [1.29, 1.82) is 0 Å². The van der Waals surface area contributed by atoms with Crippen LogP contribution < -0.4 is 0 Å². The molecule has 1 aromatic carbocycles. The Kier molecular flexibility index (Phi) is 6.34. The number of benzene rings is 1. The van der Waals surface area contributed by atoms with E-state index in [4.69, 9.17) is 0 Å². The van der Waals surface area contributed by atoms with Crippen LogP contribution >= 0.6 is 0 Å². The fraction of sp³-hybridized carbons (Fsp3) is 0.562. The average molecular weight is 287 g/mol. The molecule has 0 aliphatic carbocycles. The standard InChI is InChI=1S/C16H25N5/c1-3-4-13-21-16(17-18-19-21)14-20(2)12-8-11-15-9-6-5-7-10-15/h5-7,9-10H,3-4,8,11-14H2,1-2H3. The van der Waals surface area contributed by atoms with Crippen LogP contribution in [0.15, 0.2) is 30.3 Å². The van der Waals surface area contributed by atoms with E-state index < -0.39 is 0 Å². The number of hydrogen-bond acceptors (Lipinski definition) is 4. The van der Waals surface area contributed by atoms with E-state index >= 15 is 0 Å². The molecular formula is C16H25N5. The lowest BCUT2D eigenvalue weighted by atomic mass is 10.1. The second kappa shape index (κ2) is 8.52. The van der Waals surface area contributed by atoms with Crippen molar-refractivity contribution in [2.45, 2.75) is 45.7 Å². The maximum absolute atomic E-state index is 4.14. The topological polar surface area (TPSA) is 46.8 Å². The predicted octanol–water partition coefficient (Wildman–Crippen LogP) is 2.54. The molecule has 21 heavy (non-hydrogen) atoms. The molecular weight excluding hydrogens is 262 g/mol. The fourth-order valence-electron chi connectivity index (χ4n) is 2.34. The van der Waals surface area contributed by atoms with E-state index in [0.29, 0.717) is 0 Å². The number of tetrazole rings is 1. The molecule has 1 heterocycles. The Morgan fingerprint density at radius 3 is 2.71 bits per heavy atom. The summed E-state index contributed by atoms with van der Waals surface area (Å²) in [6.07, 6.45) is 4.55. The summed E-state index contributed by atoms with van der Waals surface area (Å²) in [6.45, 7) is 4.96. The monoisotopic (exact) mass is 287 g/mol. The molecule has 2 rings (SSSR count). The minimum atomic E-state index is 0.811. The Bertz CT molecular complexity index is 508. The normalized spacial score (nSPS) is 11.2. The summed E-state index contributed by atoms with van der Waals surface area (Å²) in [5, 5.41) is 12.0. The summed E-state index contributed by atoms with van der Waals surface area (Å²) in [5.74, 6) is 0.964. The molecule has 0 spiro atoms. The van der Waals surface area contributed by atoms with E-state index in [0.717, 1.165) is 51.1 Å². The highest BCUT2D eigenvalue weighted by Gasteiger charge is 2.08. The predicted molar refractivity (Wildman–Crippen MR) is 83.8 cm³/mol. The molecule has 0 atom stereocenters. The Morgan fingerprint density at radius 1 is 1.14 bits per heavy atom. The summed E-state index contributed by atoms with van der Waals surface area (Å²) in [7, 11) is 2.13. The minimum Gasteiger partial charge on any atom is -0.299 e. The summed E-state index contributed by atoms with van der Waals surface area (Å²) in [5.41, 5.74) is 1.40. The first-order valence-electron chi connectivity index (χ1n) is 7.77. The highest BCUT2D eigenvalue weighted by atomic mass is 15.5. The average Bonchev–Trinajstić information content (AvgIpc) is 2.93. The molecule has 114 valence electrons. The van der Waals surface area contributed by atoms with Crippen molar-refractivity contribution in [3.8, 4) is 0 Å². The van der Waals surface area contributed by atoms with Crippen molar-refractivity contribution in [3.63, 3.8) is 0 Å². The van der Waals surface area contributed by atoms with Gasteiger partial charge in [0.1, 0.15) is 0 Å². The first-order valence-corrected chi connectivity index (χ1v) is 7.77. The smallest absolute Gasteiger partial charge is 0.165 e. The molecule has 0 saturated heterocycles. The van der Waals surface area contributed by atoms with Gasteiger partial charge in [0.15, 0.2) is 5.82 Å². The van der Waals surface area contributed by atoms with Gasteiger partial charge in [-0.3, -0.25) is 4.90 Å². The van der Waals surface area contributed by atoms with E-state index in [9.17, 15) is 0 Å². The van der Waals surface area contributed by atoms with Gasteiger partial charge in [0.25, 0.3) is 0 Å². The lowest BCUT2D eigenvalue weighted by Gasteiger charge is -2.15. The van der Waals surface area contributed by atoms with Crippen molar-refractivity contribution in [2.24, 2.45) is 0 Å². The van der Waals surface area contributed by atoms with Gasteiger partial charge >= 0.3 is 0 Å². The van der Waals surface area contributed by atoms with Crippen LogP contribution in [-0.2, 0) is 19.5 Å². The molecule has 0 radical (unpaired) electrons. The van der Waals surface area contributed by atoms with E-state index in [-0.39, 0.29) is 0 Å². The Morgan fingerprint density at radius 2 is 1.95 bits per heavy atom. The summed E-state index contributed by atoms with van der Waals surface area (Å²) < 4.78 is 1.93.